The Balaban J connectivity index is 2.11. The quantitative estimate of drug-likeness (QED) is 0.565. The maximum Gasteiger partial charge on any atom is 0.354 e. The number of hydrogen-bond donors (Lipinski definition) is 3. The van der Waals surface area contributed by atoms with Crippen molar-refractivity contribution >= 4 is 23.6 Å². The van der Waals surface area contributed by atoms with Crippen LogP contribution in [0.3, 0.4) is 0 Å². The summed E-state index contributed by atoms with van der Waals surface area (Å²) in [5.41, 5.74) is -0.148. The number of aromatic carboxylic acids is 1. The molecule has 1 saturated heterocycles. The van der Waals surface area contributed by atoms with Crippen LogP contribution in [0.2, 0.25) is 0 Å². The van der Waals surface area contributed by atoms with Crippen LogP contribution in [0.1, 0.15) is 10.5 Å². The second-order valence-electron chi connectivity index (χ2n) is 5.24. The second kappa shape index (κ2) is 8.41. The van der Waals surface area contributed by atoms with Crippen molar-refractivity contribution in [3.63, 3.8) is 0 Å². The normalized spacial score (nSPS) is 14.3. The van der Waals surface area contributed by atoms with Crippen LogP contribution in [0, 0.1) is 0 Å². The highest BCUT2D eigenvalue weighted by Gasteiger charge is 2.18. The van der Waals surface area contributed by atoms with Crippen LogP contribution in [-0.2, 0) is 9.53 Å². The molecule has 0 aliphatic carbocycles. The average molecular weight is 339 g/mol. The zero-order valence-corrected chi connectivity index (χ0v) is 13.4. The number of anilines is 2. The fourth-order valence-corrected chi connectivity index (χ4v) is 2.12. The predicted molar refractivity (Wildman–Crippen MR) is 85.2 cm³/mol. The monoisotopic (exact) mass is 339 g/mol. The Morgan fingerprint density at radius 2 is 2.08 bits per heavy atom. The number of nitrogens with one attached hydrogen (secondary N) is 1. The molecular formula is C14H21N5O5. The number of aliphatic hydroxyl groups excluding tert-OH is 1. The third-order valence-electron chi connectivity index (χ3n) is 3.51. The van der Waals surface area contributed by atoms with Gasteiger partial charge >= 0.3 is 5.97 Å². The summed E-state index contributed by atoms with van der Waals surface area (Å²) in [7, 11) is 1.57. The Labute approximate surface area is 139 Å². The number of likely N-dealkylation sites (N-methyl/N-ethyl adjacent to an activating group) is 1. The van der Waals surface area contributed by atoms with Gasteiger partial charge in [0.05, 0.1) is 26.4 Å². The number of aromatic nitrogens is 2. The molecule has 24 heavy (non-hydrogen) atoms. The highest BCUT2D eigenvalue weighted by Crippen LogP contribution is 2.15. The number of rotatable bonds is 7. The van der Waals surface area contributed by atoms with Crippen LogP contribution >= 0.6 is 0 Å². The predicted octanol–water partition coefficient (Wildman–Crippen LogP) is -1.13. The summed E-state index contributed by atoms with van der Waals surface area (Å²) < 4.78 is 5.26. The highest BCUT2D eigenvalue weighted by molar-refractivity contribution is 5.87. The number of aliphatic hydroxyl groups is 1. The van der Waals surface area contributed by atoms with Gasteiger partial charge in [-0.2, -0.15) is 4.98 Å². The Morgan fingerprint density at radius 3 is 2.71 bits per heavy atom. The van der Waals surface area contributed by atoms with Gasteiger partial charge < -0.3 is 30.1 Å². The molecule has 2 rings (SSSR count). The first-order chi connectivity index (χ1) is 11.5. The minimum absolute atomic E-state index is 0.0604. The van der Waals surface area contributed by atoms with Gasteiger partial charge in [0.25, 0.3) is 0 Å². The van der Waals surface area contributed by atoms with Crippen LogP contribution in [0.5, 0.6) is 0 Å². The van der Waals surface area contributed by atoms with Gasteiger partial charge in [-0.05, 0) is 0 Å². The lowest BCUT2D eigenvalue weighted by Crippen LogP contribution is -2.38. The van der Waals surface area contributed by atoms with E-state index in [1.807, 2.05) is 4.90 Å². The van der Waals surface area contributed by atoms with Crippen LogP contribution in [0.15, 0.2) is 6.07 Å². The van der Waals surface area contributed by atoms with Crippen molar-refractivity contribution in [3.05, 3.63) is 11.8 Å². The van der Waals surface area contributed by atoms with Crippen molar-refractivity contribution in [2.24, 2.45) is 0 Å². The van der Waals surface area contributed by atoms with Gasteiger partial charge in [0.15, 0.2) is 5.69 Å². The first-order valence-corrected chi connectivity index (χ1v) is 7.55. The number of carbonyl (C=O) groups is 2. The van der Waals surface area contributed by atoms with E-state index < -0.39 is 5.97 Å². The second-order valence-corrected chi connectivity index (χ2v) is 5.24. The molecule has 0 spiro atoms. The molecule has 10 heteroatoms. The first-order valence-electron chi connectivity index (χ1n) is 7.55. The van der Waals surface area contributed by atoms with Crippen molar-refractivity contribution in [1.29, 1.82) is 0 Å². The minimum atomic E-state index is -1.17. The molecule has 1 aliphatic heterocycles. The first kappa shape index (κ1) is 17.9. The van der Waals surface area contributed by atoms with Gasteiger partial charge in [-0.1, -0.05) is 0 Å². The molecule has 0 aromatic carbocycles. The van der Waals surface area contributed by atoms with E-state index in [1.54, 1.807) is 7.05 Å². The van der Waals surface area contributed by atoms with Crippen LogP contribution < -0.4 is 10.2 Å². The summed E-state index contributed by atoms with van der Waals surface area (Å²) >= 11 is 0. The Hall–Kier alpha value is -2.46. The molecule has 132 valence electrons. The summed E-state index contributed by atoms with van der Waals surface area (Å²) in [5.74, 6) is -0.863. The molecule has 3 N–H and O–H groups in total. The fourth-order valence-electron chi connectivity index (χ4n) is 2.12. The molecule has 1 aromatic heterocycles. The molecule has 2 heterocycles. The van der Waals surface area contributed by atoms with Crippen molar-refractivity contribution < 1.29 is 24.5 Å². The molecule has 1 aromatic rings. The minimum Gasteiger partial charge on any atom is -0.477 e. The van der Waals surface area contributed by atoms with Crippen LogP contribution in [0.25, 0.3) is 0 Å². The number of carboxylic acid groups (broad SMARTS) is 1. The van der Waals surface area contributed by atoms with Gasteiger partial charge in [-0.25, -0.2) is 9.78 Å². The van der Waals surface area contributed by atoms with Gasteiger partial charge in [-0.3, -0.25) is 4.79 Å². The van der Waals surface area contributed by atoms with Crippen molar-refractivity contribution in [3.8, 4) is 0 Å². The van der Waals surface area contributed by atoms with E-state index in [0.717, 1.165) is 0 Å². The van der Waals surface area contributed by atoms with Gasteiger partial charge in [-0.15, -0.1) is 0 Å². The molecule has 0 unspecified atom stereocenters. The van der Waals surface area contributed by atoms with Gasteiger partial charge in [0, 0.05) is 32.7 Å². The topological polar surface area (TPSA) is 128 Å². The molecule has 0 atom stereocenters. The summed E-state index contributed by atoms with van der Waals surface area (Å²) in [4.78, 5) is 34.7. The zero-order valence-electron chi connectivity index (χ0n) is 13.4. The Kier molecular flexibility index (Phi) is 6.27. The molecular weight excluding hydrogens is 318 g/mol. The summed E-state index contributed by atoms with van der Waals surface area (Å²) in [5, 5.41) is 20.8. The zero-order chi connectivity index (χ0) is 17.5. The third kappa shape index (κ3) is 4.77. The summed E-state index contributed by atoms with van der Waals surface area (Å²) in [6, 6.07) is 1.28. The highest BCUT2D eigenvalue weighted by atomic mass is 16.5. The number of ether oxygens (including phenoxy) is 1. The number of carboxylic acids is 1. The van der Waals surface area contributed by atoms with Crippen LogP contribution in [-0.4, -0.2) is 90.0 Å². The molecule has 10 nitrogen and oxygen atoms in total. The lowest BCUT2D eigenvalue weighted by Gasteiger charge is -2.27. The van der Waals surface area contributed by atoms with E-state index in [2.05, 4.69) is 15.3 Å². The van der Waals surface area contributed by atoms with Crippen molar-refractivity contribution in [2.75, 3.05) is 63.3 Å². The third-order valence-corrected chi connectivity index (χ3v) is 3.51. The SMILES string of the molecule is CN(CCO)C(=O)CNc1cc(C(=O)O)nc(N2CCOCC2)n1. The number of morpholine rings is 1. The molecule has 0 bridgehead atoms. The van der Waals surface area contributed by atoms with E-state index in [0.29, 0.717) is 26.3 Å². The largest absolute Gasteiger partial charge is 0.477 e. The lowest BCUT2D eigenvalue weighted by molar-refractivity contribution is -0.128. The van der Waals surface area contributed by atoms with E-state index in [4.69, 9.17) is 9.84 Å². The van der Waals surface area contributed by atoms with E-state index >= 15 is 0 Å². The van der Waals surface area contributed by atoms with E-state index in [-0.39, 0.29) is 43.1 Å². The molecule has 0 radical (unpaired) electrons. The number of nitrogens with zero attached hydrogens (tertiary/aromatic N) is 4. The molecule has 1 amide bonds. The van der Waals surface area contributed by atoms with Crippen LogP contribution in [0.4, 0.5) is 11.8 Å². The molecule has 1 fully saturated rings. The van der Waals surface area contributed by atoms with Crippen molar-refractivity contribution in [2.45, 2.75) is 0 Å². The standard InChI is InChI=1S/C14H21N5O5/c1-18(2-5-20)12(21)9-15-11-8-10(13(22)23)16-14(17-11)19-3-6-24-7-4-19/h8,20H,2-7,9H2,1H3,(H,22,23)(H,15,16,17). The number of hydrogen-bond acceptors (Lipinski definition) is 8. The molecule has 1 aliphatic rings. The Morgan fingerprint density at radius 1 is 1.38 bits per heavy atom. The van der Waals surface area contributed by atoms with E-state index in [9.17, 15) is 14.7 Å². The molecule has 0 saturated carbocycles. The maximum atomic E-state index is 11.9. The van der Waals surface area contributed by atoms with E-state index in [1.165, 1.54) is 11.0 Å². The lowest BCUT2D eigenvalue weighted by atomic mass is 10.3. The average Bonchev–Trinajstić information content (AvgIpc) is 2.60. The van der Waals surface area contributed by atoms with Gasteiger partial charge in [0.2, 0.25) is 11.9 Å². The van der Waals surface area contributed by atoms with Gasteiger partial charge in [0.1, 0.15) is 5.82 Å². The summed E-state index contributed by atoms with van der Waals surface area (Å²) in [6.07, 6.45) is 0. The smallest absolute Gasteiger partial charge is 0.354 e. The fraction of sp³-hybridized carbons (Fsp3) is 0.571. The summed E-state index contributed by atoms with van der Waals surface area (Å²) in [6.45, 7) is 2.22. The maximum absolute atomic E-state index is 11.9. The Bertz CT molecular complexity index is 591. The number of amides is 1. The number of carbonyl (C=O) groups excluding carboxylic acids is 1. The van der Waals surface area contributed by atoms with Crippen molar-refractivity contribution in [1.82, 2.24) is 14.9 Å².